The van der Waals surface area contributed by atoms with Crippen LogP contribution in [0, 0.1) is 0 Å². The van der Waals surface area contributed by atoms with Crippen LogP contribution >= 0.6 is 0 Å². The summed E-state index contributed by atoms with van der Waals surface area (Å²) in [5.74, 6) is -0.989. The van der Waals surface area contributed by atoms with Crippen LogP contribution in [0.25, 0.3) is 0 Å². The molecule has 1 aromatic heterocycles. The third kappa shape index (κ3) is 3.41. The highest BCUT2D eigenvalue weighted by Crippen LogP contribution is 2.35. The minimum atomic E-state index is -4.83. The van der Waals surface area contributed by atoms with E-state index >= 15 is 0 Å². The minimum Gasteiger partial charge on any atom is -0.469 e. The molecule has 112 valence electrons. The molecule has 0 unspecified atom stereocenters. The topological polar surface area (TPSA) is 65.2 Å². The monoisotopic (exact) mass is 298 g/mol. The number of carbonyl (C=O) groups is 1. The summed E-state index contributed by atoms with van der Waals surface area (Å²) in [6.07, 6.45) is -8.45. The Labute approximate surface area is 110 Å². The van der Waals surface area contributed by atoms with Gasteiger partial charge in [0.25, 0.3) is 6.43 Å². The highest BCUT2D eigenvalue weighted by Gasteiger charge is 2.37. The second-order valence-corrected chi connectivity index (χ2v) is 3.77. The molecule has 1 rings (SSSR count). The molecule has 1 aromatic rings. The molecule has 0 spiro atoms. The Morgan fingerprint density at radius 3 is 2.40 bits per heavy atom. The number of hydrogen-bond donors (Lipinski definition) is 1. The lowest BCUT2D eigenvalue weighted by molar-refractivity contribution is -0.141. The Bertz CT molecular complexity index is 502. The Kier molecular flexibility index (Phi) is 4.98. The maximum Gasteiger partial charge on any atom is 0.418 e. The largest absolute Gasteiger partial charge is 0.469 e. The Morgan fingerprint density at radius 1 is 1.40 bits per heavy atom. The molecule has 4 nitrogen and oxygen atoms in total. The molecule has 0 saturated heterocycles. The first-order valence-electron chi connectivity index (χ1n) is 5.35. The average Bonchev–Trinajstić information content (AvgIpc) is 2.36. The number of alkyl halides is 5. The number of rotatable bonds is 4. The SMILES string of the molecule is COC(=O)Cc1c(C(F)(F)F)cnc(C(F)F)c1CN. The Hall–Kier alpha value is -1.77. The smallest absolute Gasteiger partial charge is 0.418 e. The van der Waals surface area contributed by atoms with Gasteiger partial charge < -0.3 is 10.5 Å². The van der Waals surface area contributed by atoms with Gasteiger partial charge in [-0.15, -0.1) is 0 Å². The number of hydrogen-bond acceptors (Lipinski definition) is 4. The first kappa shape index (κ1) is 16.3. The summed E-state index contributed by atoms with van der Waals surface area (Å²) in [5, 5.41) is 0. The molecule has 0 amide bonds. The van der Waals surface area contributed by atoms with E-state index in [0.29, 0.717) is 0 Å². The van der Waals surface area contributed by atoms with Crippen molar-refractivity contribution in [2.24, 2.45) is 5.73 Å². The van der Waals surface area contributed by atoms with Crippen LogP contribution in [-0.2, 0) is 28.7 Å². The van der Waals surface area contributed by atoms with Crippen molar-refractivity contribution < 1.29 is 31.5 Å². The molecular weight excluding hydrogens is 287 g/mol. The maximum atomic E-state index is 12.8. The number of pyridine rings is 1. The number of nitrogens with two attached hydrogens (primary N) is 1. The first-order valence-corrected chi connectivity index (χ1v) is 5.35. The zero-order chi connectivity index (χ0) is 15.5. The number of methoxy groups -OCH3 is 1. The molecule has 0 aliphatic rings. The zero-order valence-electron chi connectivity index (χ0n) is 10.3. The summed E-state index contributed by atoms with van der Waals surface area (Å²) >= 11 is 0. The van der Waals surface area contributed by atoms with Gasteiger partial charge in [0.2, 0.25) is 0 Å². The van der Waals surface area contributed by atoms with Gasteiger partial charge in [-0.05, 0) is 11.1 Å². The van der Waals surface area contributed by atoms with E-state index in [2.05, 4.69) is 9.72 Å². The Balaban J connectivity index is 3.51. The zero-order valence-corrected chi connectivity index (χ0v) is 10.3. The van der Waals surface area contributed by atoms with Crippen molar-refractivity contribution in [2.75, 3.05) is 7.11 Å². The highest BCUT2D eigenvalue weighted by molar-refractivity contribution is 5.73. The van der Waals surface area contributed by atoms with Crippen LogP contribution in [0.2, 0.25) is 0 Å². The summed E-state index contributed by atoms with van der Waals surface area (Å²) < 4.78 is 68.2. The summed E-state index contributed by atoms with van der Waals surface area (Å²) in [5.41, 5.74) is 1.98. The van der Waals surface area contributed by atoms with Gasteiger partial charge in [-0.1, -0.05) is 0 Å². The molecule has 0 fully saturated rings. The fourth-order valence-corrected chi connectivity index (χ4v) is 1.69. The van der Waals surface area contributed by atoms with E-state index in [-0.39, 0.29) is 6.20 Å². The van der Waals surface area contributed by atoms with Crippen molar-refractivity contribution in [1.29, 1.82) is 0 Å². The van der Waals surface area contributed by atoms with Gasteiger partial charge in [-0.3, -0.25) is 9.78 Å². The second-order valence-electron chi connectivity index (χ2n) is 3.77. The lowest BCUT2D eigenvalue weighted by Crippen LogP contribution is -2.20. The van der Waals surface area contributed by atoms with Gasteiger partial charge in [0.1, 0.15) is 5.69 Å². The molecule has 9 heteroatoms. The third-order valence-electron chi connectivity index (χ3n) is 2.60. The number of halogens is 5. The normalized spacial score (nSPS) is 11.8. The lowest BCUT2D eigenvalue weighted by Gasteiger charge is -2.17. The van der Waals surface area contributed by atoms with Gasteiger partial charge in [0.05, 0.1) is 19.1 Å². The van der Waals surface area contributed by atoms with E-state index in [1.54, 1.807) is 0 Å². The Morgan fingerprint density at radius 2 is 2.00 bits per heavy atom. The summed E-state index contributed by atoms with van der Waals surface area (Å²) in [6.45, 7) is -0.594. The summed E-state index contributed by atoms with van der Waals surface area (Å²) in [6, 6.07) is 0. The average molecular weight is 298 g/mol. The fraction of sp³-hybridized carbons (Fsp3) is 0.455. The summed E-state index contributed by atoms with van der Waals surface area (Å²) in [7, 11) is 0.979. The number of esters is 1. The van der Waals surface area contributed by atoms with Crippen molar-refractivity contribution in [1.82, 2.24) is 4.98 Å². The van der Waals surface area contributed by atoms with Crippen LogP contribution < -0.4 is 5.73 Å². The third-order valence-corrected chi connectivity index (χ3v) is 2.60. The lowest BCUT2D eigenvalue weighted by atomic mass is 9.97. The number of aromatic nitrogens is 1. The van der Waals surface area contributed by atoms with E-state index in [0.717, 1.165) is 7.11 Å². The van der Waals surface area contributed by atoms with Crippen LogP contribution in [0.3, 0.4) is 0 Å². The quantitative estimate of drug-likeness (QED) is 0.683. The van der Waals surface area contributed by atoms with Crippen LogP contribution in [-0.4, -0.2) is 18.1 Å². The van der Waals surface area contributed by atoms with Gasteiger partial charge in [-0.2, -0.15) is 13.2 Å². The molecule has 2 N–H and O–H groups in total. The van der Waals surface area contributed by atoms with E-state index in [4.69, 9.17) is 5.73 Å². The van der Waals surface area contributed by atoms with E-state index in [1.807, 2.05) is 0 Å². The molecule has 1 heterocycles. The molecular formula is C11H11F5N2O2. The van der Waals surface area contributed by atoms with E-state index in [9.17, 15) is 26.7 Å². The number of carbonyl (C=O) groups excluding carboxylic acids is 1. The molecule has 0 radical (unpaired) electrons. The van der Waals surface area contributed by atoms with E-state index in [1.165, 1.54) is 0 Å². The predicted octanol–water partition coefficient (Wildman–Crippen LogP) is 2.21. The number of ether oxygens (including phenoxy) is 1. The highest BCUT2D eigenvalue weighted by atomic mass is 19.4. The molecule has 0 aromatic carbocycles. The van der Waals surface area contributed by atoms with Gasteiger partial charge in [0.15, 0.2) is 0 Å². The van der Waals surface area contributed by atoms with Gasteiger partial charge in [-0.25, -0.2) is 8.78 Å². The molecule has 0 saturated carbocycles. The second kappa shape index (κ2) is 6.12. The fourth-order valence-electron chi connectivity index (χ4n) is 1.69. The standard InChI is InChI=1S/C11H11F5N2O2/c1-20-8(19)2-5-6(3-17)9(10(12)13)18-4-7(5)11(14,15)16/h4,10H,2-3,17H2,1H3. The van der Waals surface area contributed by atoms with Crippen molar-refractivity contribution in [3.05, 3.63) is 28.6 Å². The molecule has 0 bridgehead atoms. The first-order chi connectivity index (χ1) is 9.22. The molecule has 0 aliphatic heterocycles. The minimum absolute atomic E-state index is 0.277. The van der Waals surface area contributed by atoms with Crippen LogP contribution in [0.5, 0.6) is 0 Å². The van der Waals surface area contributed by atoms with Crippen LogP contribution in [0.15, 0.2) is 6.20 Å². The van der Waals surface area contributed by atoms with Crippen LogP contribution in [0.4, 0.5) is 22.0 Å². The number of nitrogens with zero attached hydrogens (tertiary/aromatic N) is 1. The van der Waals surface area contributed by atoms with Gasteiger partial charge >= 0.3 is 12.1 Å². The van der Waals surface area contributed by atoms with E-state index < -0.39 is 53.9 Å². The van der Waals surface area contributed by atoms with Crippen molar-refractivity contribution in [3.8, 4) is 0 Å². The molecule has 0 atom stereocenters. The summed E-state index contributed by atoms with van der Waals surface area (Å²) in [4.78, 5) is 14.3. The molecule has 0 aliphatic carbocycles. The van der Waals surface area contributed by atoms with Gasteiger partial charge in [0, 0.05) is 12.7 Å². The van der Waals surface area contributed by atoms with Crippen molar-refractivity contribution in [2.45, 2.75) is 25.6 Å². The predicted molar refractivity (Wildman–Crippen MR) is 57.8 cm³/mol. The van der Waals surface area contributed by atoms with Crippen LogP contribution in [0.1, 0.15) is 28.8 Å². The molecule has 20 heavy (non-hydrogen) atoms. The van der Waals surface area contributed by atoms with Crippen molar-refractivity contribution >= 4 is 5.97 Å². The maximum absolute atomic E-state index is 12.8. The van der Waals surface area contributed by atoms with Crippen molar-refractivity contribution in [3.63, 3.8) is 0 Å².